The molecule has 1 fully saturated rings. The van der Waals surface area contributed by atoms with E-state index in [0.717, 1.165) is 9.80 Å². The number of carboxylic acid groups (broad SMARTS) is 2. The average molecular weight is 503 g/mol. The Bertz CT molecular complexity index is 639. The number of aliphatic carboxylic acids is 2. The lowest BCUT2D eigenvalue weighted by molar-refractivity contribution is -0.191. The summed E-state index contributed by atoms with van der Waals surface area (Å²) in [6.07, 6.45) is -1.81. The molecule has 10 nitrogen and oxygen atoms in total. The molecule has 2 N–H and O–H groups in total. The minimum atomic E-state index is -2.33. The van der Waals surface area contributed by atoms with Crippen LogP contribution in [0.5, 0.6) is 0 Å². The molecule has 0 aromatic heterocycles. The van der Waals surface area contributed by atoms with Gasteiger partial charge in [-0.05, 0) is 12.8 Å². The first-order valence-electron chi connectivity index (χ1n) is 8.81. The van der Waals surface area contributed by atoms with E-state index in [-0.39, 0.29) is 12.8 Å². The van der Waals surface area contributed by atoms with E-state index in [1.807, 2.05) is 0 Å². The molecule has 2 amide bonds. The van der Waals surface area contributed by atoms with Gasteiger partial charge in [0.2, 0.25) is 0 Å². The van der Waals surface area contributed by atoms with Gasteiger partial charge in [-0.25, -0.2) is 9.59 Å². The van der Waals surface area contributed by atoms with Gasteiger partial charge in [0, 0.05) is 14.2 Å². The molecule has 172 valence electrons. The Kier molecular flexibility index (Phi) is 9.27. The number of nitrogens with zero attached hydrogens (tertiary/aromatic N) is 2. The summed E-state index contributed by atoms with van der Waals surface area (Å²) in [6, 6.07) is -3.49. The number of ether oxygens (including phenoxy) is 2. The number of thiol groups is 4. The van der Waals surface area contributed by atoms with E-state index in [1.54, 1.807) is 13.8 Å². The van der Waals surface area contributed by atoms with Crippen molar-refractivity contribution in [3.63, 3.8) is 0 Å². The molecular weight excluding hydrogens is 476 g/mol. The van der Waals surface area contributed by atoms with Crippen LogP contribution < -0.4 is 0 Å². The van der Waals surface area contributed by atoms with Crippen molar-refractivity contribution < 1.29 is 38.9 Å². The van der Waals surface area contributed by atoms with Crippen LogP contribution in [0.15, 0.2) is 0 Å². The molecule has 4 atom stereocenters. The predicted octanol–water partition coefficient (Wildman–Crippen LogP) is 0.440. The van der Waals surface area contributed by atoms with Crippen molar-refractivity contribution in [3.05, 3.63) is 0 Å². The number of rotatable bonds is 10. The highest BCUT2D eigenvalue weighted by molar-refractivity contribution is 8.02. The number of piperazine rings is 1. The molecule has 30 heavy (non-hydrogen) atoms. The van der Waals surface area contributed by atoms with Crippen LogP contribution >= 0.6 is 50.5 Å². The Balaban J connectivity index is 3.87. The number of methoxy groups -OCH3 is 2. The maximum atomic E-state index is 13.6. The van der Waals surface area contributed by atoms with E-state index in [2.05, 4.69) is 50.5 Å². The smallest absolute Gasteiger partial charge is 0.332 e. The molecule has 0 radical (unpaired) electrons. The van der Waals surface area contributed by atoms with Crippen molar-refractivity contribution >= 4 is 74.3 Å². The number of carboxylic acids is 2. The van der Waals surface area contributed by atoms with Gasteiger partial charge < -0.3 is 19.7 Å². The maximum absolute atomic E-state index is 13.6. The molecule has 4 unspecified atom stereocenters. The molecule has 0 aromatic carbocycles. The van der Waals surface area contributed by atoms with Crippen molar-refractivity contribution in [1.29, 1.82) is 0 Å². The van der Waals surface area contributed by atoms with Gasteiger partial charge in [-0.3, -0.25) is 19.4 Å². The molecule has 0 spiro atoms. The van der Waals surface area contributed by atoms with Crippen LogP contribution in [0, 0.1) is 0 Å². The third-order valence-electron chi connectivity index (χ3n) is 4.79. The number of hydrogen-bond donors (Lipinski definition) is 6. The summed E-state index contributed by atoms with van der Waals surface area (Å²) in [5.74, 6) is -5.04. The fraction of sp³-hybridized carbons (Fsp3) is 0.750. The summed E-state index contributed by atoms with van der Waals surface area (Å²) in [4.78, 5) is 52.6. The number of carbonyl (C=O) groups is 4. The lowest BCUT2D eigenvalue weighted by Crippen LogP contribution is -2.76. The monoisotopic (exact) mass is 502 g/mol. The first-order chi connectivity index (χ1) is 13.7. The van der Waals surface area contributed by atoms with Gasteiger partial charge >= 0.3 is 11.9 Å². The number of carbonyl (C=O) groups excluding carboxylic acids is 2. The minimum Gasteiger partial charge on any atom is -0.480 e. The number of hydrogen-bond acceptors (Lipinski definition) is 10. The molecule has 0 aliphatic carbocycles. The van der Waals surface area contributed by atoms with Crippen LogP contribution in [0.2, 0.25) is 0 Å². The highest BCUT2D eigenvalue weighted by Gasteiger charge is 2.63. The van der Waals surface area contributed by atoms with Crippen molar-refractivity contribution in [2.24, 2.45) is 0 Å². The largest absolute Gasteiger partial charge is 0.480 e. The van der Waals surface area contributed by atoms with Crippen LogP contribution in [-0.4, -0.2) is 90.7 Å². The molecule has 1 aliphatic heterocycles. The zero-order valence-electron chi connectivity index (χ0n) is 16.8. The number of amides is 2. The van der Waals surface area contributed by atoms with E-state index in [0.29, 0.717) is 0 Å². The fourth-order valence-electron chi connectivity index (χ4n) is 3.31. The second-order valence-electron chi connectivity index (χ2n) is 6.56. The van der Waals surface area contributed by atoms with Crippen molar-refractivity contribution in [3.8, 4) is 0 Å². The van der Waals surface area contributed by atoms with E-state index in [4.69, 9.17) is 9.47 Å². The molecule has 0 saturated carbocycles. The zero-order chi connectivity index (χ0) is 23.6. The SMILES string of the molecule is CCC(OC)N1C(=O)C(C(S)(S)C(=O)O)N(C(CC)OC)C(=O)C1C(S)(S)C(=O)O. The van der Waals surface area contributed by atoms with Crippen LogP contribution in [0.4, 0.5) is 0 Å². The second kappa shape index (κ2) is 10.2. The maximum Gasteiger partial charge on any atom is 0.332 e. The van der Waals surface area contributed by atoms with Gasteiger partial charge in [0.1, 0.15) is 24.5 Å². The van der Waals surface area contributed by atoms with Crippen molar-refractivity contribution in [2.75, 3.05) is 14.2 Å². The van der Waals surface area contributed by atoms with E-state index in [9.17, 15) is 29.4 Å². The lowest BCUT2D eigenvalue weighted by Gasteiger charge is -2.53. The molecular formula is C16H26N2O8S4. The quantitative estimate of drug-likeness (QED) is 0.187. The Hall–Kier alpha value is -0.800. The Morgan fingerprint density at radius 2 is 1.13 bits per heavy atom. The standard InChI is InChI=1S/C16H26N2O8S4/c1-5-7(25-3)17-9(15(27,28)13(21)22)12(20)18(8(6-2)26-4)10(11(17)19)16(29,30)14(23)24/h7-10,27-30H,5-6H2,1-4H3,(H,21,22)(H,23,24). The molecule has 1 heterocycles. The summed E-state index contributed by atoms with van der Waals surface area (Å²) in [5, 5.41) is 19.3. The van der Waals surface area contributed by atoms with Gasteiger partial charge in [-0.2, -0.15) is 0 Å². The average Bonchev–Trinajstić information content (AvgIpc) is 2.66. The summed E-state index contributed by atoms with van der Waals surface area (Å²) < 4.78 is 5.90. The summed E-state index contributed by atoms with van der Waals surface area (Å²) in [5.41, 5.74) is 0. The normalized spacial score (nSPS) is 22.8. The Morgan fingerprint density at radius 1 is 0.867 bits per heavy atom. The zero-order valence-corrected chi connectivity index (χ0v) is 20.3. The summed E-state index contributed by atoms with van der Waals surface area (Å²) in [7, 11) is 2.53. The lowest BCUT2D eigenvalue weighted by atomic mass is 9.96. The van der Waals surface area contributed by atoms with Crippen LogP contribution in [0.25, 0.3) is 0 Å². The van der Waals surface area contributed by atoms with Gasteiger partial charge in [-0.1, -0.05) is 13.8 Å². The molecule has 14 heteroatoms. The third-order valence-corrected chi connectivity index (χ3v) is 6.53. The molecule has 0 aromatic rings. The van der Waals surface area contributed by atoms with Gasteiger partial charge in [0.15, 0.2) is 8.16 Å². The minimum absolute atomic E-state index is 0.163. The third kappa shape index (κ3) is 4.67. The topological polar surface area (TPSA) is 134 Å². The van der Waals surface area contributed by atoms with Crippen LogP contribution in [0.3, 0.4) is 0 Å². The van der Waals surface area contributed by atoms with Crippen molar-refractivity contribution in [2.45, 2.75) is 59.4 Å². The van der Waals surface area contributed by atoms with Crippen molar-refractivity contribution in [1.82, 2.24) is 9.80 Å². The van der Waals surface area contributed by atoms with E-state index >= 15 is 0 Å². The van der Waals surface area contributed by atoms with E-state index in [1.165, 1.54) is 14.2 Å². The molecule has 1 aliphatic rings. The highest BCUT2D eigenvalue weighted by Crippen LogP contribution is 2.41. The second-order valence-corrected chi connectivity index (χ2v) is 10.1. The predicted molar refractivity (Wildman–Crippen MR) is 120 cm³/mol. The summed E-state index contributed by atoms with van der Waals surface area (Å²) >= 11 is 16.2. The highest BCUT2D eigenvalue weighted by atomic mass is 32.2. The van der Waals surface area contributed by atoms with Gasteiger partial charge in [0.25, 0.3) is 11.8 Å². The van der Waals surface area contributed by atoms with E-state index < -0.39 is 56.5 Å². The van der Waals surface area contributed by atoms with Crippen LogP contribution in [0.1, 0.15) is 26.7 Å². The first-order valence-corrected chi connectivity index (χ1v) is 10.6. The van der Waals surface area contributed by atoms with Crippen LogP contribution in [-0.2, 0) is 28.7 Å². The Morgan fingerprint density at radius 3 is 1.30 bits per heavy atom. The van der Waals surface area contributed by atoms with Gasteiger partial charge in [0.05, 0.1) is 0 Å². The summed E-state index contributed by atoms with van der Waals surface area (Å²) in [6.45, 7) is 3.28. The first kappa shape index (κ1) is 27.2. The fourth-order valence-corrected chi connectivity index (χ4v) is 4.25. The Labute approximate surface area is 196 Å². The molecule has 1 rings (SSSR count). The molecule has 0 bridgehead atoms. The molecule has 1 saturated heterocycles. The van der Waals surface area contributed by atoms with Gasteiger partial charge in [-0.15, -0.1) is 50.5 Å².